The quantitative estimate of drug-likeness (QED) is 0.698. The lowest BCUT2D eigenvalue weighted by atomic mass is 9.96. The first-order valence-corrected chi connectivity index (χ1v) is 10.7. The molecule has 1 heterocycles. The first kappa shape index (κ1) is 25.5. The predicted octanol–water partition coefficient (Wildman–Crippen LogP) is 4.07. The summed E-state index contributed by atoms with van der Waals surface area (Å²) in [5.41, 5.74) is 7.02. The molecule has 1 saturated carbocycles. The third-order valence-corrected chi connectivity index (χ3v) is 6.30. The van der Waals surface area contributed by atoms with E-state index in [9.17, 15) is 4.79 Å². The molecule has 2 fully saturated rings. The van der Waals surface area contributed by atoms with Gasteiger partial charge in [0.05, 0.1) is 11.6 Å². The van der Waals surface area contributed by atoms with E-state index in [4.69, 9.17) is 10.5 Å². The largest absolute Gasteiger partial charge is 0.492 e. The molecule has 0 spiro atoms. The number of rotatable bonds is 6. The summed E-state index contributed by atoms with van der Waals surface area (Å²) in [6, 6.07) is 20.6. The minimum Gasteiger partial charge on any atom is -0.492 e. The number of amides is 1. The van der Waals surface area contributed by atoms with Gasteiger partial charge in [-0.3, -0.25) is 9.69 Å². The van der Waals surface area contributed by atoms with Gasteiger partial charge in [-0.05, 0) is 30.5 Å². The Labute approximate surface area is 197 Å². The number of carbonyl (C=O) groups is 1. The molecule has 0 aromatic heterocycles. The van der Waals surface area contributed by atoms with Crippen molar-refractivity contribution in [3.8, 4) is 5.75 Å². The van der Waals surface area contributed by atoms with E-state index in [2.05, 4.69) is 29.2 Å². The Bertz CT molecular complexity index is 793. The summed E-state index contributed by atoms with van der Waals surface area (Å²) in [5, 5.41) is 0. The summed E-state index contributed by atoms with van der Waals surface area (Å²) in [7, 11) is 0. The molecule has 2 aromatic rings. The highest BCUT2D eigenvalue weighted by molar-refractivity contribution is 5.86. The Hall–Kier alpha value is -1.79. The van der Waals surface area contributed by atoms with E-state index in [1.807, 2.05) is 41.3 Å². The molecule has 1 unspecified atom stereocenters. The number of ether oxygens (including phenoxy) is 1. The highest BCUT2D eigenvalue weighted by Crippen LogP contribution is 2.30. The van der Waals surface area contributed by atoms with E-state index in [0.717, 1.165) is 57.6 Å². The zero-order chi connectivity index (χ0) is 20.1. The van der Waals surface area contributed by atoms with Crippen LogP contribution in [0.3, 0.4) is 0 Å². The molecule has 1 amide bonds. The van der Waals surface area contributed by atoms with Crippen molar-refractivity contribution in [3.63, 3.8) is 0 Å². The maximum atomic E-state index is 12.9. The van der Waals surface area contributed by atoms with Gasteiger partial charge < -0.3 is 15.4 Å². The first-order valence-electron chi connectivity index (χ1n) is 10.7. The number of nitrogens with zero attached hydrogens (tertiary/aromatic N) is 2. The lowest BCUT2D eigenvalue weighted by molar-refractivity contribution is -0.139. The Kier molecular flexibility index (Phi) is 9.63. The zero-order valence-electron chi connectivity index (χ0n) is 17.8. The van der Waals surface area contributed by atoms with Crippen LogP contribution in [-0.4, -0.2) is 54.0 Å². The minimum atomic E-state index is -0.628. The van der Waals surface area contributed by atoms with Crippen LogP contribution in [0.2, 0.25) is 0 Å². The normalized spacial score (nSPS) is 19.1. The number of hydrogen-bond donors (Lipinski definition) is 1. The molecule has 0 bridgehead atoms. The maximum absolute atomic E-state index is 12.9. The molecule has 2 aliphatic rings. The summed E-state index contributed by atoms with van der Waals surface area (Å²) in [6.45, 7) is 3.71. The van der Waals surface area contributed by atoms with Gasteiger partial charge in [0.1, 0.15) is 12.4 Å². The monoisotopic (exact) mass is 465 g/mol. The third kappa shape index (κ3) is 6.13. The molecule has 1 atom stereocenters. The van der Waals surface area contributed by atoms with Crippen molar-refractivity contribution in [1.29, 1.82) is 0 Å². The molecule has 4 rings (SSSR count). The second-order valence-electron chi connectivity index (χ2n) is 8.24. The van der Waals surface area contributed by atoms with Crippen molar-refractivity contribution >= 4 is 30.7 Å². The average molecular weight is 466 g/mol. The van der Waals surface area contributed by atoms with Gasteiger partial charge >= 0.3 is 0 Å². The standard InChI is InChI=1S/C24H31N3O2.2ClH/c25-24(13-7-8-14-24)23(28)27-17-15-26(16-18-27)22(20-9-3-1-4-10-20)19-29-21-11-5-2-6-12-21;;/h1-6,9-12,22H,7-8,13-19,25H2;2*1H. The second kappa shape index (κ2) is 11.7. The number of benzene rings is 2. The molecule has 7 heteroatoms. The lowest BCUT2D eigenvalue weighted by Gasteiger charge is -2.41. The van der Waals surface area contributed by atoms with Gasteiger partial charge in [0, 0.05) is 26.2 Å². The van der Waals surface area contributed by atoms with Gasteiger partial charge in [0.2, 0.25) is 5.91 Å². The fourth-order valence-corrected chi connectivity index (χ4v) is 4.55. The third-order valence-electron chi connectivity index (χ3n) is 6.30. The summed E-state index contributed by atoms with van der Waals surface area (Å²) >= 11 is 0. The molecule has 31 heavy (non-hydrogen) atoms. The highest BCUT2D eigenvalue weighted by Gasteiger charge is 2.41. The number of halogens is 2. The molecule has 0 radical (unpaired) electrons. The van der Waals surface area contributed by atoms with E-state index in [1.54, 1.807) is 0 Å². The van der Waals surface area contributed by atoms with Crippen LogP contribution in [0.25, 0.3) is 0 Å². The number of hydrogen-bond acceptors (Lipinski definition) is 4. The van der Waals surface area contributed by atoms with Gasteiger partial charge in [-0.15, -0.1) is 24.8 Å². The molecule has 2 aromatic carbocycles. The van der Waals surface area contributed by atoms with Crippen LogP contribution in [-0.2, 0) is 4.79 Å². The second-order valence-corrected chi connectivity index (χ2v) is 8.24. The van der Waals surface area contributed by atoms with Crippen molar-refractivity contribution in [2.75, 3.05) is 32.8 Å². The molecular formula is C24H33Cl2N3O2. The van der Waals surface area contributed by atoms with Crippen molar-refractivity contribution < 1.29 is 9.53 Å². The molecule has 1 aliphatic carbocycles. The van der Waals surface area contributed by atoms with Crippen LogP contribution in [0.4, 0.5) is 0 Å². The lowest BCUT2D eigenvalue weighted by Crippen LogP contribution is -2.59. The van der Waals surface area contributed by atoms with Crippen LogP contribution in [0, 0.1) is 0 Å². The first-order chi connectivity index (χ1) is 14.2. The molecule has 5 nitrogen and oxygen atoms in total. The smallest absolute Gasteiger partial charge is 0.242 e. The van der Waals surface area contributed by atoms with Gasteiger partial charge in [0.25, 0.3) is 0 Å². The summed E-state index contributed by atoms with van der Waals surface area (Å²) in [4.78, 5) is 17.3. The van der Waals surface area contributed by atoms with E-state index in [1.165, 1.54) is 5.56 Å². The summed E-state index contributed by atoms with van der Waals surface area (Å²) in [5.74, 6) is 1.03. The highest BCUT2D eigenvalue weighted by atomic mass is 35.5. The Morgan fingerprint density at radius 2 is 1.45 bits per heavy atom. The van der Waals surface area contributed by atoms with Crippen molar-refractivity contribution in [2.24, 2.45) is 5.73 Å². The van der Waals surface area contributed by atoms with E-state index >= 15 is 0 Å². The van der Waals surface area contributed by atoms with E-state index in [0.29, 0.717) is 6.61 Å². The van der Waals surface area contributed by atoms with Crippen LogP contribution in [0.15, 0.2) is 60.7 Å². The maximum Gasteiger partial charge on any atom is 0.242 e. The van der Waals surface area contributed by atoms with Gasteiger partial charge in [-0.1, -0.05) is 61.4 Å². The number of carbonyl (C=O) groups excluding carboxylic acids is 1. The number of piperazine rings is 1. The fourth-order valence-electron chi connectivity index (χ4n) is 4.55. The van der Waals surface area contributed by atoms with Crippen molar-refractivity contribution in [3.05, 3.63) is 66.2 Å². The van der Waals surface area contributed by atoms with Gasteiger partial charge in [-0.25, -0.2) is 0 Å². The number of para-hydroxylation sites is 1. The Morgan fingerprint density at radius 1 is 0.903 bits per heavy atom. The van der Waals surface area contributed by atoms with E-state index in [-0.39, 0.29) is 36.8 Å². The molecule has 1 saturated heterocycles. The topological polar surface area (TPSA) is 58.8 Å². The van der Waals surface area contributed by atoms with Crippen LogP contribution in [0.5, 0.6) is 5.75 Å². The minimum absolute atomic E-state index is 0. The van der Waals surface area contributed by atoms with Crippen molar-refractivity contribution in [1.82, 2.24) is 9.80 Å². The number of nitrogens with two attached hydrogens (primary N) is 1. The SMILES string of the molecule is Cl.Cl.NC1(C(=O)N2CCN(C(COc3ccccc3)c3ccccc3)CC2)CCCC1. The van der Waals surface area contributed by atoms with Crippen molar-refractivity contribution in [2.45, 2.75) is 37.3 Å². The van der Waals surface area contributed by atoms with E-state index < -0.39 is 5.54 Å². The van der Waals surface area contributed by atoms with Gasteiger partial charge in [0.15, 0.2) is 0 Å². The van der Waals surface area contributed by atoms with Crippen LogP contribution >= 0.6 is 24.8 Å². The average Bonchev–Trinajstić information content (AvgIpc) is 3.23. The zero-order valence-corrected chi connectivity index (χ0v) is 19.5. The fraction of sp³-hybridized carbons (Fsp3) is 0.458. The summed E-state index contributed by atoms with van der Waals surface area (Å²) < 4.78 is 6.11. The Balaban J connectivity index is 0.00000171. The summed E-state index contributed by atoms with van der Waals surface area (Å²) in [6.07, 6.45) is 3.78. The molecule has 1 aliphatic heterocycles. The van der Waals surface area contributed by atoms with Crippen LogP contribution < -0.4 is 10.5 Å². The molecule has 170 valence electrons. The Morgan fingerprint density at radius 3 is 2.03 bits per heavy atom. The molecular weight excluding hydrogens is 433 g/mol. The predicted molar refractivity (Wildman–Crippen MR) is 129 cm³/mol. The van der Waals surface area contributed by atoms with Crippen LogP contribution in [0.1, 0.15) is 37.3 Å². The van der Waals surface area contributed by atoms with Gasteiger partial charge in [-0.2, -0.15) is 0 Å². The molecule has 2 N–H and O–H groups in total.